The van der Waals surface area contributed by atoms with Crippen molar-refractivity contribution in [1.29, 1.82) is 0 Å². The number of aliphatic carboxylic acids is 1. The summed E-state index contributed by atoms with van der Waals surface area (Å²) in [4.78, 5) is 33.0. The number of nitrogens with zero attached hydrogens (tertiary/aromatic N) is 3. The van der Waals surface area contributed by atoms with E-state index in [0.29, 0.717) is 5.69 Å². The quantitative estimate of drug-likeness (QED) is 0.414. The van der Waals surface area contributed by atoms with Crippen LogP contribution in [0, 0.1) is 0 Å². The highest BCUT2D eigenvalue weighted by Gasteiger charge is 2.22. The summed E-state index contributed by atoms with van der Waals surface area (Å²) in [5, 5.41) is 18.3. The predicted octanol–water partition coefficient (Wildman–Crippen LogP) is -2.82. The van der Waals surface area contributed by atoms with Gasteiger partial charge in [-0.05, 0) is 0 Å². The average Bonchev–Trinajstić information content (AvgIpc) is 2.75. The van der Waals surface area contributed by atoms with Crippen LogP contribution >= 0.6 is 0 Å². The molecule has 104 valence electrons. The SMILES string of the molecule is NCc1cn(CC(=O)NC(CC(N)=O)C(=O)O)nn1. The molecule has 2 amide bonds. The molecule has 1 aromatic rings. The third-order valence-corrected chi connectivity index (χ3v) is 2.14. The Kier molecular flexibility index (Phi) is 4.94. The van der Waals surface area contributed by atoms with Crippen molar-refractivity contribution in [3.8, 4) is 0 Å². The van der Waals surface area contributed by atoms with E-state index in [4.69, 9.17) is 16.6 Å². The van der Waals surface area contributed by atoms with E-state index in [1.165, 1.54) is 10.9 Å². The molecule has 0 fully saturated rings. The highest BCUT2D eigenvalue weighted by atomic mass is 16.4. The molecule has 0 radical (unpaired) electrons. The number of hydrogen-bond acceptors (Lipinski definition) is 6. The van der Waals surface area contributed by atoms with Crippen molar-refractivity contribution in [2.24, 2.45) is 11.5 Å². The summed E-state index contributed by atoms with van der Waals surface area (Å²) in [6.07, 6.45) is 0.982. The zero-order valence-electron chi connectivity index (χ0n) is 9.94. The van der Waals surface area contributed by atoms with Gasteiger partial charge in [0.15, 0.2) is 0 Å². The van der Waals surface area contributed by atoms with Crippen LogP contribution in [0.2, 0.25) is 0 Å². The molecular formula is C9H14N6O4. The van der Waals surface area contributed by atoms with Crippen molar-refractivity contribution >= 4 is 17.8 Å². The molecule has 0 saturated heterocycles. The molecule has 0 aliphatic rings. The van der Waals surface area contributed by atoms with Crippen molar-refractivity contribution in [3.63, 3.8) is 0 Å². The number of carboxylic acids is 1. The summed E-state index contributed by atoms with van der Waals surface area (Å²) in [6.45, 7) is -0.0451. The molecule has 0 spiro atoms. The monoisotopic (exact) mass is 270 g/mol. The largest absolute Gasteiger partial charge is 0.480 e. The van der Waals surface area contributed by atoms with E-state index in [1.54, 1.807) is 0 Å². The third kappa shape index (κ3) is 4.71. The van der Waals surface area contributed by atoms with Gasteiger partial charge in [-0.3, -0.25) is 9.59 Å². The van der Waals surface area contributed by atoms with Crippen LogP contribution in [0.4, 0.5) is 0 Å². The highest BCUT2D eigenvalue weighted by Crippen LogP contribution is 1.94. The number of carboxylic acid groups (broad SMARTS) is 1. The van der Waals surface area contributed by atoms with E-state index < -0.39 is 30.2 Å². The van der Waals surface area contributed by atoms with Gasteiger partial charge in [-0.2, -0.15) is 0 Å². The topological polar surface area (TPSA) is 166 Å². The van der Waals surface area contributed by atoms with Crippen molar-refractivity contribution in [1.82, 2.24) is 20.3 Å². The number of nitrogens with two attached hydrogens (primary N) is 2. The zero-order chi connectivity index (χ0) is 14.4. The van der Waals surface area contributed by atoms with E-state index in [0.717, 1.165) is 0 Å². The molecule has 10 heteroatoms. The summed E-state index contributed by atoms with van der Waals surface area (Å²) in [7, 11) is 0. The molecular weight excluding hydrogens is 256 g/mol. The Bertz CT molecular complexity index is 485. The molecule has 1 rings (SSSR count). The number of aromatic nitrogens is 3. The van der Waals surface area contributed by atoms with Gasteiger partial charge in [-0.25, -0.2) is 9.48 Å². The van der Waals surface area contributed by atoms with Crippen molar-refractivity contribution in [2.45, 2.75) is 25.6 Å². The van der Waals surface area contributed by atoms with E-state index in [2.05, 4.69) is 15.6 Å². The minimum absolute atomic E-state index is 0.182. The average molecular weight is 270 g/mol. The van der Waals surface area contributed by atoms with Crippen LogP contribution in [0.25, 0.3) is 0 Å². The normalized spacial score (nSPS) is 11.8. The molecule has 0 bridgehead atoms. The van der Waals surface area contributed by atoms with Crippen LogP contribution in [0.3, 0.4) is 0 Å². The number of nitrogens with one attached hydrogen (secondary N) is 1. The molecule has 0 aliphatic heterocycles. The van der Waals surface area contributed by atoms with E-state index >= 15 is 0 Å². The second-order valence-corrected chi connectivity index (χ2v) is 3.74. The Morgan fingerprint density at radius 2 is 2.16 bits per heavy atom. The first-order valence-electron chi connectivity index (χ1n) is 5.32. The van der Waals surface area contributed by atoms with Crippen LogP contribution < -0.4 is 16.8 Å². The fraction of sp³-hybridized carbons (Fsp3) is 0.444. The Balaban J connectivity index is 2.57. The Morgan fingerprint density at radius 1 is 1.47 bits per heavy atom. The fourth-order valence-electron chi connectivity index (χ4n) is 1.30. The number of rotatable bonds is 7. The maximum Gasteiger partial charge on any atom is 0.326 e. The van der Waals surface area contributed by atoms with Crippen molar-refractivity contribution in [3.05, 3.63) is 11.9 Å². The third-order valence-electron chi connectivity index (χ3n) is 2.14. The molecule has 1 atom stereocenters. The molecule has 0 saturated carbocycles. The number of hydrogen-bond donors (Lipinski definition) is 4. The first-order chi connectivity index (χ1) is 8.92. The number of primary amides is 1. The van der Waals surface area contributed by atoms with Gasteiger partial charge in [-0.1, -0.05) is 5.21 Å². The molecule has 0 aliphatic carbocycles. The number of carbonyl (C=O) groups excluding carboxylic acids is 2. The van der Waals surface area contributed by atoms with E-state index in [9.17, 15) is 14.4 Å². The summed E-state index contributed by atoms with van der Waals surface area (Å²) in [5.74, 6) is -2.78. The van der Waals surface area contributed by atoms with E-state index in [1.807, 2.05) is 0 Å². The Labute approximate surface area is 107 Å². The van der Waals surface area contributed by atoms with Gasteiger partial charge in [0, 0.05) is 6.54 Å². The maximum absolute atomic E-state index is 11.6. The van der Waals surface area contributed by atoms with Gasteiger partial charge in [0.05, 0.1) is 18.3 Å². The highest BCUT2D eigenvalue weighted by molar-refractivity contribution is 5.87. The summed E-state index contributed by atoms with van der Waals surface area (Å²) in [5.41, 5.74) is 10.7. The summed E-state index contributed by atoms with van der Waals surface area (Å²) >= 11 is 0. The number of amides is 2. The first-order valence-corrected chi connectivity index (χ1v) is 5.32. The summed E-state index contributed by atoms with van der Waals surface area (Å²) < 4.78 is 1.21. The first kappa shape index (κ1) is 14.6. The lowest BCUT2D eigenvalue weighted by molar-refractivity contribution is -0.143. The Morgan fingerprint density at radius 3 is 2.63 bits per heavy atom. The predicted molar refractivity (Wildman–Crippen MR) is 61.3 cm³/mol. The molecule has 0 aromatic carbocycles. The van der Waals surface area contributed by atoms with Gasteiger partial charge in [0.25, 0.3) is 0 Å². The number of carbonyl (C=O) groups is 3. The lowest BCUT2D eigenvalue weighted by Crippen LogP contribution is -2.44. The lowest BCUT2D eigenvalue weighted by Gasteiger charge is -2.12. The summed E-state index contributed by atoms with van der Waals surface area (Å²) in [6, 6.07) is -1.36. The van der Waals surface area contributed by atoms with Crippen LogP contribution in [-0.4, -0.2) is 43.9 Å². The van der Waals surface area contributed by atoms with Gasteiger partial charge in [0.2, 0.25) is 11.8 Å². The maximum atomic E-state index is 11.6. The van der Waals surface area contributed by atoms with Gasteiger partial charge in [-0.15, -0.1) is 5.10 Å². The lowest BCUT2D eigenvalue weighted by atomic mass is 10.2. The van der Waals surface area contributed by atoms with Crippen LogP contribution in [0.5, 0.6) is 0 Å². The second kappa shape index (κ2) is 6.44. The molecule has 1 heterocycles. The minimum atomic E-state index is -1.36. The van der Waals surface area contributed by atoms with Crippen LogP contribution in [0.1, 0.15) is 12.1 Å². The van der Waals surface area contributed by atoms with Crippen LogP contribution in [0.15, 0.2) is 6.20 Å². The van der Waals surface area contributed by atoms with Gasteiger partial charge >= 0.3 is 5.97 Å². The second-order valence-electron chi connectivity index (χ2n) is 3.74. The molecule has 10 nitrogen and oxygen atoms in total. The van der Waals surface area contributed by atoms with Gasteiger partial charge < -0.3 is 21.9 Å². The molecule has 19 heavy (non-hydrogen) atoms. The molecule has 1 aromatic heterocycles. The standard InChI is InChI=1S/C9H14N6O4/c10-2-5-3-15(14-13-5)4-8(17)12-6(9(18)19)1-7(11)16/h3,6H,1-2,4,10H2,(H2,11,16)(H,12,17)(H,18,19). The van der Waals surface area contributed by atoms with E-state index in [-0.39, 0.29) is 13.1 Å². The fourth-order valence-corrected chi connectivity index (χ4v) is 1.30. The zero-order valence-corrected chi connectivity index (χ0v) is 9.94. The van der Waals surface area contributed by atoms with Crippen LogP contribution in [-0.2, 0) is 27.5 Å². The van der Waals surface area contributed by atoms with Gasteiger partial charge in [0.1, 0.15) is 12.6 Å². The minimum Gasteiger partial charge on any atom is -0.480 e. The Hall–Kier alpha value is -2.49. The van der Waals surface area contributed by atoms with Crippen molar-refractivity contribution in [2.75, 3.05) is 0 Å². The molecule has 6 N–H and O–H groups in total. The van der Waals surface area contributed by atoms with Crippen molar-refractivity contribution < 1.29 is 19.5 Å². The smallest absolute Gasteiger partial charge is 0.326 e. The molecule has 1 unspecified atom stereocenters.